The van der Waals surface area contributed by atoms with E-state index in [1.807, 2.05) is 24.3 Å². The van der Waals surface area contributed by atoms with Crippen LogP contribution in [0.3, 0.4) is 0 Å². The summed E-state index contributed by atoms with van der Waals surface area (Å²) < 4.78 is 0. The molecule has 0 aliphatic carbocycles. The fourth-order valence-corrected chi connectivity index (χ4v) is 1.39. The number of pyridine rings is 1. The number of anilines is 1. The first-order chi connectivity index (χ1) is 5.77. The molecule has 0 fully saturated rings. The highest BCUT2D eigenvalue weighted by Gasteiger charge is 1.98. The van der Waals surface area contributed by atoms with Gasteiger partial charge in [0.25, 0.3) is 0 Å². The monoisotopic (exact) mass is 214 g/mol. The molecule has 0 unspecified atom stereocenters. The predicted octanol–water partition coefficient (Wildman–Crippen LogP) is 2.89. The summed E-state index contributed by atoms with van der Waals surface area (Å²) in [7, 11) is 0. The lowest BCUT2D eigenvalue weighted by atomic mass is 10.1. The second-order valence-electron chi connectivity index (χ2n) is 2.58. The zero-order chi connectivity index (χ0) is 8.55. The predicted molar refractivity (Wildman–Crippen MR) is 58.4 cm³/mol. The Morgan fingerprint density at radius 1 is 1.23 bits per heavy atom. The zero-order valence-corrected chi connectivity index (χ0v) is 8.27. The van der Waals surface area contributed by atoms with Crippen molar-refractivity contribution in [3.63, 3.8) is 0 Å². The van der Waals surface area contributed by atoms with E-state index in [1.54, 1.807) is 6.20 Å². The van der Waals surface area contributed by atoms with Crippen molar-refractivity contribution in [1.29, 1.82) is 0 Å². The summed E-state index contributed by atoms with van der Waals surface area (Å²) in [6.45, 7) is 0. The number of hydrogen-bond donors (Lipinski definition) is 1. The van der Waals surface area contributed by atoms with Gasteiger partial charge in [0.15, 0.2) is 0 Å². The normalized spacial score (nSPS) is 9.62. The summed E-state index contributed by atoms with van der Waals surface area (Å²) >= 11 is 5.86. The fraction of sp³-hybridized carbons (Fsp3) is 0. The second-order valence-corrected chi connectivity index (χ2v) is 2.94. The minimum absolute atomic E-state index is 0. The molecule has 0 saturated carbocycles. The van der Waals surface area contributed by atoms with Gasteiger partial charge in [0, 0.05) is 17.3 Å². The first kappa shape index (κ1) is 10.1. The molecule has 0 amide bonds. The molecule has 2 nitrogen and oxygen atoms in total. The van der Waals surface area contributed by atoms with Gasteiger partial charge >= 0.3 is 0 Å². The van der Waals surface area contributed by atoms with Crippen molar-refractivity contribution >= 4 is 40.5 Å². The van der Waals surface area contributed by atoms with E-state index in [-0.39, 0.29) is 12.4 Å². The molecule has 0 atom stereocenters. The van der Waals surface area contributed by atoms with Crippen LogP contribution in [0.5, 0.6) is 0 Å². The average Bonchev–Trinajstić information content (AvgIpc) is 2.04. The van der Waals surface area contributed by atoms with Crippen LogP contribution in [0.2, 0.25) is 5.15 Å². The first-order valence-electron chi connectivity index (χ1n) is 3.57. The molecule has 2 rings (SSSR count). The van der Waals surface area contributed by atoms with E-state index >= 15 is 0 Å². The number of nitrogens with zero attached hydrogens (tertiary/aromatic N) is 1. The maximum absolute atomic E-state index is 5.86. The van der Waals surface area contributed by atoms with Crippen molar-refractivity contribution in [1.82, 2.24) is 4.98 Å². The third kappa shape index (κ3) is 1.85. The second kappa shape index (κ2) is 3.81. The van der Waals surface area contributed by atoms with Gasteiger partial charge in [-0.1, -0.05) is 11.6 Å². The van der Waals surface area contributed by atoms with Crippen LogP contribution < -0.4 is 5.73 Å². The Morgan fingerprint density at radius 3 is 2.77 bits per heavy atom. The Bertz CT molecular complexity index is 429. The van der Waals surface area contributed by atoms with Crippen LogP contribution >= 0.6 is 24.0 Å². The van der Waals surface area contributed by atoms with Crippen LogP contribution in [0.1, 0.15) is 0 Å². The minimum atomic E-state index is 0. The van der Waals surface area contributed by atoms with Crippen LogP contribution in [-0.4, -0.2) is 4.98 Å². The van der Waals surface area contributed by atoms with E-state index < -0.39 is 0 Å². The van der Waals surface area contributed by atoms with E-state index in [9.17, 15) is 0 Å². The highest BCUT2D eigenvalue weighted by Crippen LogP contribution is 2.22. The van der Waals surface area contributed by atoms with Crippen LogP contribution in [0.4, 0.5) is 5.69 Å². The van der Waals surface area contributed by atoms with Gasteiger partial charge in [-0.15, -0.1) is 12.4 Å². The molecular weight excluding hydrogens is 207 g/mol. The Balaban J connectivity index is 0.000000845. The van der Waals surface area contributed by atoms with E-state index in [0.717, 1.165) is 16.5 Å². The number of nitrogen functional groups attached to an aromatic ring is 1. The number of nitrogens with two attached hydrogens (primary N) is 1. The molecule has 1 aromatic heterocycles. The maximum atomic E-state index is 5.86. The number of fused-ring (bicyclic) bond motifs is 1. The van der Waals surface area contributed by atoms with Gasteiger partial charge < -0.3 is 5.73 Å². The molecule has 2 N–H and O–H groups in total. The third-order valence-corrected chi connectivity index (χ3v) is 2.04. The van der Waals surface area contributed by atoms with Crippen LogP contribution in [0.25, 0.3) is 10.8 Å². The summed E-state index contributed by atoms with van der Waals surface area (Å²) in [6, 6.07) is 7.45. The van der Waals surface area contributed by atoms with Gasteiger partial charge in [0.05, 0.1) is 0 Å². The summed E-state index contributed by atoms with van der Waals surface area (Å²) in [5.74, 6) is 0. The lowest BCUT2D eigenvalue weighted by Crippen LogP contribution is -1.84. The van der Waals surface area contributed by atoms with Gasteiger partial charge in [-0.25, -0.2) is 4.98 Å². The molecule has 0 spiro atoms. The van der Waals surface area contributed by atoms with Gasteiger partial charge in [-0.3, -0.25) is 0 Å². The molecule has 0 bridgehead atoms. The number of aromatic nitrogens is 1. The number of rotatable bonds is 0. The largest absolute Gasteiger partial charge is 0.399 e. The molecule has 1 aromatic carbocycles. The van der Waals surface area contributed by atoms with Gasteiger partial charge in [-0.2, -0.15) is 0 Å². The fourth-order valence-electron chi connectivity index (χ4n) is 1.16. The molecule has 0 radical (unpaired) electrons. The first-order valence-corrected chi connectivity index (χ1v) is 3.95. The third-order valence-electron chi connectivity index (χ3n) is 1.74. The highest BCUT2D eigenvalue weighted by molar-refractivity contribution is 6.34. The highest BCUT2D eigenvalue weighted by atomic mass is 35.5. The standard InChI is InChI=1S/C9H7ClN2.ClH/c10-9-8-2-1-7(11)5-6(8)3-4-12-9;/h1-5H,11H2;1H. The summed E-state index contributed by atoms with van der Waals surface area (Å²) in [6.07, 6.45) is 1.67. The molecule has 0 saturated heterocycles. The maximum Gasteiger partial charge on any atom is 0.136 e. The molecule has 1 heterocycles. The van der Waals surface area contributed by atoms with E-state index in [1.165, 1.54) is 0 Å². The van der Waals surface area contributed by atoms with Crippen molar-refractivity contribution in [3.8, 4) is 0 Å². The molecule has 0 aliphatic heterocycles. The molecule has 2 aromatic rings. The van der Waals surface area contributed by atoms with E-state index in [2.05, 4.69) is 4.98 Å². The number of benzene rings is 1. The van der Waals surface area contributed by atoms with Gasteiger partial charge in [0.1, 0.15) is 5.15 Å². The summed E-state index contributed by atoms with van der Waals surface area (Å²) in [5, 5.41) is 2.48. The van der Waals surface area contributed by atoms with Crippen LogP contribution in [0, 0.1) is 0 Å². The van der Waals surface area contributed by atoms with Crippen LogP contribution in [-0.2, 0) is 0 Å². The SMILES string of the molecule is Cl.Nc1ccc2c(Cl)nccc2c1. The minimum Gasteiger partial charge on any atom is -0.399 e. The van der Waals surface area contributed by atoms with Gasteiger partial charge in [-0.05, 0) is 29.7 Å². The number of hydrogen-bond acceptors (Lipinski definition) is 2. The lowest BCUT2D eigenvalue weighted by Gasteiger charge is -1.99. The Kier molecular flexibility index (Phi) is 2.96. The van der Waals surface area contributed by atoms with Crippen LogP contribution in [0.15, 0.2) is 30.5 Å². The summed E-state index contributed by atoms with van der Waals surface area (Å²) in [5.41, 5.74) is 6.35. The van der Waals surface area contributed by atoms with Gasteiger partial charge in [0.2, 0.25) is 0 Å². The molecule has 13 heavy (non-hydrogen) atoms. The Hall–Kier alpha value is -0.990. The Labute approximate surface area is 87.1 Å². The quantitative estimate of drug-likeness (QED) is 0.542. The lowest BCUT2D eigenvalue weighted by molar-refractivity contribution is 1.36. The van der Waals surface area contributed by atoms with Crippen molar-refractivity contribution in [3.05, 3.63) is 35.6 Å². The smallest absolute Gasteiger partial charge is 0.136 e. The van der Waals surface area contributed by atoms with Crippen molar-refractivity contribution < 1.29 is 0 Å². The summed E-state index contributed by atoms with van der Waals surface area (Å²) in [4.78, 5) is 3.96. The van der Waals surface area contributed by atoms with Crippen molar-refractivity contribution in [2.45, 2.75) is 0 Å². The Morgan fingerprint density at radius 2 is 2.00 bits per heavy atom. The number of halogens is 2. The molecule has 68 valence electrons. The molecule has 4 heteroatoms. The molecule has 0 aliphatic rings. The zero-order valence-electron chi connectivity index (χ0n) is 6.70. The van der Waals surface area contributed by atoms with E-state index in [4.69, 9.17) is 17.3 Å². The van der Waals surface area contributed by atoms with Crippen molar-refractivity contribution in [2.24, 2.45) is 0 Å². The topological polar surface area (TPSA) is 38.9 Å². The molecular formula is C9H8Cl2N2. The average molecular weight is 215 g/mol. The van der Waals surface area contributed by atoms with Crippen molar-refractivity contribution in [2.75, 3.05) is 5.73 Å². The van der Waals surface area contributed by atoms with E-state index in [0.29, 0.717) is 5.15 Å².